The molecule has 1 rings (SSSR count). The van der Waals surface area contributed by atoms with E-state index in [-0.39, 0.29) is 85.7 Å². The third kappa shape index (κ3) is 18.4. The molecule has 0 aliphatic heterocycles. The molecule has 15 heteroatoms. The lowest BCUT2D eigenvalue weighted by molar-refractivity contribution is -0.118. The van der Waals surface area contributed by atoms with Gasteiger partial charge >= 0.3 is 0 Å². The average molecular weight is 598 g/mol. The summed E-state index contributed by atoms with van der Waals surface area (Å²) in [6.07, 6.45) is 2.80. The molecule has 9 N–H and O–H groups in total. The Kier molecular flexibility index (Phi) is 27.3. The number of amides is 1. The Balaban J connectivity index is 0. The second-order valence-electron chi connectivity index (χ2n) is 9.44. The Hall–Kier alpha value is -1.79. The maximum atomic E-state index is 11.0. The summed E-state index contributed by atoms with van der Waals surface area (Å²) >= 11 is 0. The maximum Gasteiger partial charge on any atom is 0.217 e. The van der Waals surface area contributed by atoms with Gasteiger partial charge in [-0.15, -0.1) is 5.10 Å². The predicted molar refractivity (Wildman–Crippen MR) is 152 cm³/mol. The highest BCUT2D eigenvalue weighted by Crippen LogP contribution is 2.21. The molecule has 1 aromatic heterocycles. The summed E-state index contributed by atoms with van der Waals surface area (Å²) < 4.78 is 19.0. The molecule has 0 atom stereocenters. The number of primary amides is 1. The lowest BCUT2D eigenvalue weighted by Crippen LogP contribution is -2.49. The van der Waals surface area contributed by atoms with Crippen LogP contribution in [0, 0.1) is 17.8 Å². The first kappa shape index (κ1) is 41.3. The van der Waals surface area contributed by atoms with Gasteiger partial charge in [0, 0.05) is 30.4 Å². The monoisotopic (exact) mass is 597 g/mol. The Labute approximate surface area is 243 Å². The standard InChI is InChI=1S/C22H42N4O10.C2H7N.C2H6/c23-21(33)3-1-2-20-4-26(25-24-20)22(14-34-11-17(5-27)6-28,15-35-12-18(7-29)8-30)16-36-13-19(9-31)10-32;1-3-2;1-2/h4,17-19,27-32H,1-3,5-16H2,(H2,23,33);3H,1-2H3;1-2H3. The van der Waals surface area contributed by atoms with E-state index in [2.05, 4.69) is 15.6 Å². The van der Waals surface area contributed by atoms with E-state index >= 15 is 0 Å². The van der Waals surface area contributed by atoms with Gasteiger partial charge in [-0.2, -0.15) is 0 Å². The van der Waals surface area contributed by atoms with Gasteiger partial charge in [-0.3, -0.25) is 4.79 Å². The van der Waals surface area contributed by atoms with Gasteiger partial charge in [0.05, 0.1) is 85.0 Å². The van der Waals surface area contributed by atoms with Crippen LogP contribution in [0.15, 0.2) is 6.20 Å². The average Bonchev–Trinajstić information content (AvgIpc) is 3.46. The number of nitrogens with two attached hydrogens (primary N) is 1. The number of carbonyl (C=O) groups excluding carboxylic acids is 1. The van der Waals surface area contributed by atoms with E-state index in [9.17, 15) is 35.4 Å². The second-order valence-corrected chi connectivity index (χ2v) is 9.44. The molecule has 1 amide bonds. The Bertz CT molecular complexity index is 671. The minimum absolute atomic E-state index is 0.0284. The van der Waals surface area contributed by atoms with Crippen molar-refractivity contribution in [1.29, 1.82) is 0 Å². The van der Waals surface area contributed by atoms with Crippen LogP contribution < -0.4 is 11.1 Å². The van der Waals surface area contributed by atoms with Gasteiger partial charge in [0.2, 0.25) is 5.91 Å². The van der Waals surface area contributed by atoms with Crippen LogP contribution in [0.2, 0.25) is 0 Å². The van der Waals surface area contributed by atoms with E-state index in [0.717, 1.165) is 0 Å². The minimum Gasteiger partial charge on any atom is -0.396 e. The predicted octanol–water partition coefficient (Wildman–Crippen LogP) is -2.50. The molecule has 0 radical (unpaired) electrons. The number of ether oxygens (including phenoxy) is 3. The highest BCUT2D eigenvalue weighted by atomic mass is 16.5. The molecule has 0 aromatic carbocycles. The summed E-state index contributed by atoms with van der Waals surface area (Å²) in [5.41, 5.74) is 4.69. The smallest absolute Gasteiger partial charge is 0.217 e. The zero-order valence-corrected chi connectivity index (χ0v) is 25.2. The first-order chi connectivity index (χ1) is 19.8. The van der Waals surface area contributed by atoms with Gasteiger partial charge in [-0.05, 0) is 26.9 Å². The molecule has 0 aliphatic rings. The molecule has 0 unspecified atom stereocenters. The summed E-state index contributed by atoms with van der Waals surface area (Å²) in [5.74, 6) is -1.90. The molecule has 41 heavy (non-hydrogen) atoms. The molecule has 0 fully saturated rings. The Morgan fingerprint density at radius 1 is 0.854 bits per heavy atom. The summed E-state index contributed by atoms with van der Waals surface area (Å²) in [6, 6.07) is 0. The number of carbonyl (C=O) groups is 1. The SMILES string of the molecule is CC.CNC.NC(=O)CCCc1cn(C(COCC(CO)CO)(COCC(CO)CO)COCC(CO)CO)nn1. The van der Waals surface area contributed by atoms with Crippen LogP contribution in [0.25, 0.3) is 0 Å². The second kappa shape index (κ2) is 27.1. The number of aryl methyl sites for hydroxylation is 1. The zero-order chi connectivity index (χ0) is 31.5. The molecule has 244 valence electrons. The van der Waals surface area contributed by atoms with Crippen LogP contribution in [0.4, 0.5) is 0 Å². The zero-order valence-electron chi connectivity index (χ0n) is 25.2. The fraction of sp³-hybridized carbons (Fsp3) is 0.885. The molecule has 0 aliphatic carbocycles. The van der Waals surface area contributed by atoms with Gasteiger partial charge in [0.25, 0.3) is 0 Å². The number of aliphatic hydroxyl groups excluding tert-OH is 6. The first-order valence-corrected chi connectivity index (χ1v) is 14.0. The van der Waals surface area contributed by atoms with Crippen molar-refractivity contribution in [1.82, 2.24) is 20.3 Å². The minimum atomic E-state index is -1.10. The maximum absolute atomic E-state index is 11.0. The normalized spacial score (nSPS) is 11.4. The quantitative estimate of drug-likeness (QED) is 0.0652. The van der Waals surface area contributed by atoms with E-state index in [4.69, 9.17) is 19.9 Å². The molecule has 0 saturated heterocycles. The van der Waals surface area contributed by atoms with Crippen LogP contribution >= 0.6 is 0 Å². The summed E-state index contributed by atoms with van der Waals surface area (Å²) in [6.45, 7) is 2.42. The molecule has 0 bridgehead atoms. The topological polar surface area (TPSA) is 235 Å². The molecular weight excluding hydrogens is 542 g/mol. The first-order valence-electron chi connectivity index (χ1n) is 14.0. The molecule has 15 nitrogen and oxygen atoms in total. The number of hydrogen-bond donors (Lipinski definition) is 8. The number of nitrogens with zero attached hydrogens (tertiary/aromatic N) is 3. The van der Waals surface area contributed by atoms with Crippen molar-refractivity contribution in [2.24, 2.45) is 23.5 Å². The largest absolute Gasteiger partial charge is 0.396 e. The van der Waals surface area contributed by atoms with E-state index < -0.39 is 29.2 Å². The van der Waals surface area contributed by atoms with Crippen LogP contribution in [0.1, 0.15) is 32.4 Å². The lowest BCUT2D eigenvalue weighted by atomic mass is 10.0. The number of aliphatic hydroxyl groups is 6. The third-order valence-electron chi connectivity index (χ3n) is 5.60. The van der Waals surface area contributed by atoms with Crippen molar-refractivity contribution in [3.63, 3.8) is 0 Å². The van der Waals surface area contributed by atoms with Gasteiger partial charge in [-0.25, -0.2) is 4.68 Å². The van der Waals surface area contributed by atoms with Crippen molar-refractivity contribution in [2.75, 3.05) is 93.4 Å². The van der Waals surface area contributed by atoms with E-state index in [1.54, 1.807) is 6.20 Å². The number of nitrogens with one attached hydrogen (secondary N) is 1. The number of rotatable bonds is 23. The highest BCUT2D eigenvalue weighted by molar-refractivity contribution is 5.73. The number of aromatic nitrogens is 3. The van der Waals surface area contributed by atoms with Crippen LogP contribution in [-0.4, -0.2) is 145 Å². The lowest BCUT2D eigenvalue weighted by Gasteiger charge is -2.34. The van der Waals surface area contributed by atoms with Crippen molar-refractivity contribution in [3.05, 3.63) is 11.9 Å². The highest BCUT2D eigenvalue weighted by Gasteiger charge is 2.36. The van der Waals surface area contributed by atoms with E-state index in [0.29, 0.717) is 18.5 Å². The Morgan fingerprint density at radius 3 is 1.54 bits per heavy atom. The van der Waals surface area contributed by atoms with Gasteiger partial charge in [-0.1, -0.05) is 19.1 Å². The van der Waals surface area contributed by atoms with Crippen LogP contribution in [-0.2, 0) is 31.0 Å². The van der Waals surface area contributed by atoms with Crippen LogP contribution in [0.3, 0.4) is 0 Å². The van der Waals surface area contributed by atoms with Crippen LogP contribution in [0.5, 0.6) is 0 Å². The van der Waals surface area contributed by atoms with Gasteiger partial charge < -0.3 is 55.9 Å². The number of hydrogen-bond acceptors (Lipinski definition) is 13. The molecule has 0 saturated carbocycles. The Morgan fingerprint density at radius 2 is 1.22 bits per heavy atom. The van der Waals surface area contributed by atoms with E-state index in [1.165, 1.54) is 4.68 Å². The molecular formula is C26H55N5O10. The van der Waals surface area contributed by atoms with Gasteiger partial charge in [0.15, 0.2) is 0 Å². The van der Waals surface area contributed by atoms with Gasteiger partial charge in [0.1, 0.15) is 5.54 Å². The summed E-state index contributed by atoms with van der Waals surface area (Å²) in [7, 11) is 3.75. The summed E-state index contributed by atoms with van der Waals surface area (Å²) in [5, 5.41) is 67.3. The third-order valence-corrected chi connectivity index (χ3v) is 5.60. The molecule has 0 spiro atoms. The molecule has 1 aromatic rings. The fourth-order valence-corrected chi connectivity index (χ4v) is 3.15. The summed E-state index contributed by atoms with van der Waals surface area (Å²) in [4.78, 5) is 11.0. The van der Waals surface area contributed by atoms with Crippen molar-refractivity contribution in [2.45, 2.75) is 38.6 Å². The van der Waals surface area contributed by atoms with Crippen molar-refractivity contribution < 1.29 is 49.6 Å². The molecule has 1 heterocycles. The van der Waals surface area contributed by atoms with Crippen molar-refractivity contribution >= 4 is 5.91 Å². The van der Waals surface area contributed by atoms with E-state index in [1.807, 2.05) is 27.9 Å². The fourth-order valence-electron chi connectivity index (χ4n) is 3.15. The van der Waals surface area contributed by atoms with Crippen molar-refractivity contribution in [3.8, 4) is 0 Å².